The van der Waals surface area contributed by atoms with E-state index < -0.39 is 0 Å². The molecule has 2 N–H and O–H groups in total. The van der Waals surface area contributed by atoms with Crippen LogP contribution in [0.1, 0.15) is 65.7 Å². The van der Waals surface area contributed by atoms with Crippen molar-refractivity contribution in [2.24, 2.45) is 10.4 Å². The number of aliphatic imine (C=N–C) groups is 1. The highest BCUT2D eigenvalue weighted by Crippen LogP contribution is 2.37. The third-order valence-corrected chi connectivity index (χ3v) is 5.75. The first-order chi connectivity index (χ1) is 10.6. The van der Waals surface area contributed by atoms with Gasteiger partial charge in [-0.15, -0.1) is 24.0 Å². The van der Waals surface area contributed by atoms with E-state index in [9.17, 15) is 0 Å². The lowest BCUT2D eigenvalue weighted by molar-refractivity contribution is 0.256. The minimum absolute atomic E-state index is 0. The zero-order valence-corrected chi connectivity index (χ0v) is 17.4. The summed E-state index contributed by atoms with van der Waals surface area (Å²) in [5.41, 5.74) is 0.436. The van der Waals surface area contributed by atoms with Crippen molar-refractivity contribution >= 4 is 29.9 Å². The van der Waals surface area contributed by atoms with Gasteiger partial charge in [-0.05, 0) is 51.4 Å². The summed E-state index contributed by atoms with van der Waals surface area (Å²) in [4.78, 5) is 7.61. The topological polar surface area (TPSA) is 39.7 Å². The molecule has 0 amide bonds. The fourth-order valence-electron chi connectivity index (χ4n) is 4.25. The number of likely N-dealkylation sites (tertiary alicyclic amines) is 1. The van der Waals surface area contributed by atoms with Crippen LogP contribution in [0.3, 0.4) is 0 Å². The summed E-state index contributed by atoms with van der Waals surface area (Å²) in [6.45, 7) is 10.0. The third-order valence-electron chi connectivity index (χ3n) is 5.75. The SMILES string of the molecule is CCNC(=NCC1(C)CCCC1)NC1CC(C)N(C2CC2)C1.I. The summed E-state index contributed by atoms with van der Waals surface area (Å²) in [6.07, 6.45) is 9.50. The monoisotopic (exact) mass is 434 g/mol. The first-order valence-corrected chi connectivity index (χ1v) is 9.40. The van der Waals surface area contributed by atoms with Gasteiger partial charge >= 0.3 is 0 Å². The van der Waals surface area contributed by atoms with Gasteiger partial charge in [0.15, 0.2) is 5.96 Å². The van der Waals surface area contributed by atoms with Crippen LogP contribution in [0.5, 0.6) is 0 Å². The van der Waals surface area contributed by atoms with Crippen molar-refractivity contribution in [2.75, 3.05) is 19.6 Å². The highest BCUT2D eigenvalue weighted by atomic mass is 127. The molecule has 0 spiro atoms. The minimum Gasteiger partial charge on any atom is -0.357 e. The van der Waals surface area contributed by atoms with Crippen LogP contribution >= 0.6 is 24.0 Å². The van der Waals surface area contributed by atoms with Crippen molar-refractivity contribution in [1.29, 1.82) is 0 Å². The van der Waals surface area contributed by atoms with E-state index in [1.165, 1.54) is 51.5 Å². The van der Waals surface area contributed by atoms with Crippen LogP contribution in [-0.2, 0) is 0 Å². The van der Waals surface area contributed by atoms with Gasteiger partial charge in [-0.2, -0.15) is 0 Å². The molecule has 0 bridgehead atoms. The van der Waals surface area contributed by atoms with Gasteiger partial charge < -0.3 is 10.6 Å². The van der Waals surface area contributed by atoms with Gasteiger partial charge in [0.05, 0.1) is 0 Å². The summed E-state index contributed by atoms with van der Waals surface area (Å²) >= 11 is 0. The number of halogens is 1. The molecule has 0 aromatic heterocycles. The quantitative estimate of drug-likeness (QED) is 0.396. The first kappa shape index (κ1) is 19.3. The maximum Gasteiger partial charge on any atom is 0.191 e. The smallest absolute Gasteiger partial charge is 0.191 e. The largest absolute Gasteiger partial charge is 0.357 e. The van der Waals surface area contributed by atoms with E-state index in [0.717, 1.165) is 31.1 Å². The van der Waals surface area contributed by atoms with E-state index in [4.69, 9.17) is 4.99 Å². The van der Waals surface area contributed by atoms with Crippen LogP contribution in [-0.4, -0.2) is 48.6 Å². The van der Waals surface area contributed by atoms with Crippen molar-refractivity contribution in [1.82, 2.24) is 15.5 Å². The van der Waals surface area contributed by atoms with Crippen molar-refractivity contribution in [2.45, 2.75) is 83.8 Å². The van der Waals surface area contributed by atoms with Crippen molar-refractivity contribution < 1.29 is 0 Å². The Labute approximate surface area is 159 Å². The lowest BCUT2D eigenvalue weighted by Gasteiger charge is -2.23. The number of guanidine groups is 1. The molecule has 2 aliphatic carbocycles. The number of hydrogen-bond acceptors (Lipinski definition) is 2. The molecule has 5 heteroatoms. The zero-order chi connectivity index (χ0) is 15.6. The first-order valence-electron chi connectivity index (χ1n) is 9.40. The second kappa shape index (κ2) is 8.37. The van der Waals surface area contributed by atoms with Crippen LogP contribution < -0.4 is 10.6 Å². The summed E-state index contributed by atoms with van der Waals surface area (Å²) < 4.78 is 0. The Hall–Kier alpha value is -0.0400. The van der Waals surface area contributed by atoms with Gasteiger partial charge in [0.25, 0.3) is 0 Å². The molecule has 0 radical (unpaired) electrons. The van der Waals surface area contributed by atoms with Crippen LogP contribution in [0.2, 0.25) is 0 Å². The van der Waals surface area contributed by atoms with Crippen LogP contribution in [0.4, 0.5) is 0 Å². The van der Waals surface area contributed by atoms with E-state index in [1.54, 1.807) is 0 Å². The Morgan fingerprint density at radius 1 is 1.26 bits per heavy atom. The summed E-state index contributed by atoms with van der Waals surface area (Å²) in [5, 5.41) is 7.14. The average Bonchev–Trinajstić information content (AvgIpc) is 3.14. The van der Waals surface area contributed by atoms with Gasteiger partial charge in [-0.1, -0.05) is 19.8 Å². The Balaban J connectivity index is 0.00000192. The molecule has 23 heavy (non-hydrogen) atoms. The molecule has 0 aromatic carbocycles. The Morgan fingerprint density at radius 2 is 1.96 bits per heavy atom. The van der Waals surface area contributed by atoms with Gasteiger partial charge in [-0.3, -0.25) is 9.89 Å². The van der Waals surface area contributed by atoms with E-state index in [2.05, 4.69) is 36.3 Å². The molecular formula is C18H35IN4. The molecule has 1 heterocycles. The summed E-state index contributed by atoms with van der Waals surface area (Å²) in [5.74, 6) is 1.03. The van der Waals surface area contributed by atoms with Gasteiger partial charge in [0.1, 0.15) is 0 Å². The summed E-state index contributed by atoms with van der Waals surface area (Å²) in [6, 6.07) is 2.16. The Morgan fingerprint density at radius 3 is 2.57 bits per heavy atom. The third kappa shape index (κ3) is 5.21. The predicted molar refractivity (Wildman–Crippen MR) is 109 cm³/mol. The molecule has 134 valence electrons. The van der Waals surface area contributed by atoms with Crippen molar-refractivity contribution in [3.8, 4) is 0 Å². The van der Waals surface area contributed by atoms with Crippen molar-refractivity contribution in [3.05, 3.63) is 0 Å². The molecule has 2 atom stereocenters. The van der Waals surface area contributed by atoms with Crippen LogP contribution in [0.25, 0.3) is 0 Å². The van der Waals surface area contributed by atoms with E-state index in [0.29, 0.717) is 11.5 Å². The van der Waals surface area contributed by atoms with Crippen LogP contribution in [0, 0.1) is 5.41 Å². The normalized spacial score (nSPS) is 31.0. The maximum atomic E-state index is 4.92. The second-order valence-corrected chi connectivity index (χ2v) is 8.07. The molecule has 3 fully saturated rings. The predicted octanol–water partition coefficient (Wildman–Crippen LogP) is 3.37. The van der Waals surface area contributed by atoms with E-state index in [-0.39, 0.29) is 24.0 Å². The molecule has 4 nitrogen and oxygen atoms in total. The summed E-state index contributed by atoms with van der Waals surface area (Å²) in [7, 11) is 0. The molecule has 3 aliphatic rings. The standard InChI is InChI=1S/C18H34N4.HI/c1-4-19-17(20-13-18(3)9-5-6-10-18)21-15-11-14(2)22(12-15)16-7-8-16;/h14-16H,4-13H2,1-3H3,(H2,19,20,21);1H. The molecule has 0 aromatic rings. The Kier molecular flexibility index (Phi) is 7.01. The molecular weight excluding hydrogens is 399 g/mol. The fourth-order valence-corrected chi connectivity index (χ4v) is 4.25. The van der Waals surface area contributed by atoms with Gasteiger partial charge in [0, 0.05) is 37.8 Å². The minimum atomic E-state index is 0. The van der Waals surface area contributed by atoms with Crippen LogP contribution in [0.15, 0.2) is 4.99 Å². The highest BCUT2D eigenvalue weighted by Gasteiger charge is 2.39. The van der Waals surface area contributed by atoms with E-state index >= 15 is 0 Å². The van der Waals surface area contributed by atoms with Gasteiger partial charge in [-0.25, -0.2) is 0 Å². The number of nitrogens with zero attached hydrogens (tertiary/aromatic N) is 2. The second-order valence-electron chi connectivity index (χ2n) is 8.07. The lowest BCUT2D eigenvalue weighted by atomic mass is 9.89. The average molecular weight is 434 g/mol. The zero-order valence-electron chi connectivity index (χ0n) is 15.1. The molecule has 3 rings (SSSR count). The van der Waals surface area contributed by atoms with Gasteiger partial charge in [0.2, 0.25) is 0 Å². The number of hydrogen-bond donors (Lipinski definition) is 2. The highest BCUT2D eigenvalue weighted by molar-refractivity contribution is 14.0. The van der Waals surface area contributed by atoms with Crippen molar-refractivity contribution in [3.63, 3.8) is 0 Å². The Bertz CT molecular complexity index is 402. The molecule has 2 unspecified atom stereocenters. The molecule has 1 saturated heterocycles. The lowest BCUT2D eigenvalue weighted by Crippen LogP contribution is -2.45. The fraction of sp³-hybridized carbons (Fsp3) is 0.944. The molecule has 2 saturated carbocycles. The maximum absolute atomic E-state index is 4.92. The number of nitrogens with one attached hydrogen (secondary N) is 2. The number of rotatable bonds is 5. The molecule has 1 aliphatic heterocycles. The van der Waals surface area contributed by atoms with E-state index in [1.807, 2.05) is 0 Å².